The average Bonchev–Trinajstić information content (AvgIpc) is 2.84. The van der Waals surface area contributed by atoms with Crippen LogP contribution >= 0.6 is 0 Å². The van der Waals surface area contributed by atoms with Gasteiger partial charge in [-0.15, -0.1) is 0 Å². The molecule has 93 heavy (non-hydrogen) atoms. The molecular weight excluding hydrogens is 1160 g/mol. The molecule has 11 nitrogen and oxygen atoms in total. The van der Waals surface area contributed by atoms with Crippen LogP contribution in [0.15, 0.2) is 309 Å². The molecule has 0 unspecified atom stereocenters. The highest BCUT2D eigenvalue weighted by Crippen LogP contribution is 2.18. The maximum Gasteiger partial charge on any atom is 0.222 e. The van der Waals surface area contributed by atoms with Crippen molar-refractivity contribution in [1.82, 2.24) is 0 Å². The van der Waals surface area contributed by atoms with E-state index in [1.165, 1.54) is 46.7 Å². The molecule has 10 aromatic rings. The van der Waals surface area contributed by atoms with Crippen LogP contribution in [0.4, 0.5) is 32.8 Å². The van der Waals surface area contributed by atoms with Crippen molar-refractivity contribution in [2.75, 3.05) is 33.2 Å². The Morgan fingerprint density at radius 3 is 1.09 bits per heavy atom. The molecule has 9 aromatic carbocycles. The van der Waals surface area contributed by atoms with Crippen LogP contribution in [0.2, 0.25) is 0 Å². The second kappa shape index (κ2) is 37.9. The molecule has 0 aliphatic heterocycles. The molecule has 0 aliphatic rings. The normalized spacial score (nSPS) is 10.6. The van der Waals surface area contributed by atoms with Gasteiger partial charge in [-0.05, 0) is 167 Å². The molecule has 0 spiro atoms. The van der Waals surface area contributed by atoms with Crippen molar-refractivity contribution in [2.45, 2.75) is 48.5 Å². The molecule has 0 atom stereocenters. The van der Waals surface area contributed by atoms with E-state index in [2.05, 4.69) is 40.3 Å². The largest absolute Gasteiger partial charge is 0.461 e. The lowest BCUT2D eigenvalue weighted by molar-refractivity contribution is 0.101. The fraction of sp³-hybridized carbons (Fsp3) is 0.0988. The van der Waals surface area contributed by atoms with Gasteiger partial charge in [0.2, 0.25) is 5.78 Å². The first-order valence-electron chi connectivity index (χ1n) is 30.0. The Hall–Kier alpha value is -11.8. The molecule has 1 heterocycles. The summed E-state index contributed by atoms with van der Waals surface area (Å²) >= 11 is 0. The lowest BCUT2D eigenvalue weighted by atomic mass is 10.1. The van der Waals surface area contributed by atoms with E-state index >= 15 is 0 Å². The first kappa shape index (κ1) is 70.3. The van der Waals surface area contributed by atoms with Crippen LogP contribution in [0, 0.1) is 54.3 Å². The quantitative estimate of drug-likeness (QED) is 0.0427. The molecule has 4 N–H and O–H groups in total. The molecule has 0 saturated carbocycles. The van der Waals surface area contributed by atoms with Crippen LogP contribution in [-0.4, -0.2) is 36.0 Å². The standard InChI is InChI=1S/3C17H17NO.C16H14FNO.C14H13NO2/c2*1-13-5-3-7-15(11-13)17(19)9-10-18-16-8-4-6-14(2)12-16;1-14-7-6-10-16(13-14)18(2)12-11-17(19)15-8-4-3-5-9-15;1-12-11-14(7-8-15(12)17)18-10-9-16(19)13-5-3-2-4-6-13;1-11-4-2-5-12(10-11)15-8-7-13(16)14-6-3-9-17-14/h2*3-12,18H,1-2H3;3-13H,1-2H3;2-11,18H,1H3;2-10,15H,1H3/b2*10-9-;12-11+;10-9-;8-7-. The fourth-order valence-corrected chi connectivity index (χ4v) is 8.59. The Bertz CT molecular complexity index is 4100. The summed E-state index contributed by atoms with van der Waals surface area (Å²) in [6.45, 7) is 13.8. The summed E-state index contributed by atoms with van der Waals surface area (Å²) in [5.41, 5.74) is 15.0. The summed E-state index contributed by atoms with van der Waals surface area (Å²) in [5, 5.41) is 12.2. The van der Waals surface area contributed by atoms with E-state index in [0.717, 1.165) is 39.6 Å². The number of anilines is 5. The minimum atomic E-state index is -0.241. The first-order valence-corrected chi connectivity index (χ1v) is 30.0. The Balaban J connectivity index is 0.000000185. The summed E-state index contributed by atoms with van der Waals surface area (Å²) in [6.07, 6.45) is 17.4. The van der Waals surface area contributed by atoms with Gasteiger partial charge in [-0.2, -0.15) is 0 Å². The molecule has 0 amide bonds. The molecule has 0 fully saturated rings. The van der Waals surface area contributed by atoms with E-state index in [9.17, 15) is 28.4 Å². The lowest BCUT2D eigenvalue weighted by Crippen LogP contribution is -2.09. The van der Waals surface area contributed by atoms with Gasteiger partial charge >= 0.3 is 0 Å². The van der Waals surface area contributed by atoms with Gasteiger partial charge in [-0.3, -0.25) is 24.0 Å². The first-order chi connectivity index (χ1) is 44.9. The summed E-state index contributed by atoms with van der Waals surface area (Å²) in [7, 11) is 1.93. The summed E-state index contributed by atoms with van der Waals surface area (Å²) in [5.74, 6) is -0.114. The number of nitrogens with one attached hydrogen (secondary N) is 4. The molecule has 0 aliphatic carbocycles. The monoisotopic (exact) mass is 1240 g/mol. The van der Waals surface area contributed by atoms with Crippen LogP contribution in [0.5, 0.6) is 0 Å². The molecule has 10 rings (SSSR count). The highest BCUT2D eigenvalue weighted by Gasteiger charge is 2.06. The van der Waals surface area contributed by atoms with Gasteiger partial charge in [-0.1, -0.05) is 157 Å². The minimum absolute atomic E-state index is 0.00357. The number of allylic oxidation sites excluding steroid dienone is 5. The average molecular weight is 1240 g/mol. The highest BCUT2D eigenvalue weighted by atomic mass is 19.1. The van der Waals surface area contributed by atoms with Gasteiger partial charge in [0.05, 0.1) is 6.26 Å². The van der Waals surface area contributed by atoms with Gasteiger partial charge in [0, 0.05) is 119 Å². The molecule has 0 saturated heterocycles. The maximum absolute atomic E-state index is 13.1. The number of carbonyl (C=O) groups excluding carboxylic acids is 5. The number of halogens is 1. The van der Waals surface area contributed by atoms with E-state index in [-0.39, 0.29) is 34.7 Å². The summed E-state index contributed by atoms with van der Waals surface area (Å²) < 4.78 is 18.1. The summed E-state index contributed by atoms with van der Waals surface area (Å²) in [6, 6.07) is 73.6. The minimum Gasteiger partial charge on any atom is -0.461 e. The number of ketones is 5. The second-order valence-corrected chi connectivity index (χ2v) is 21.5. The number of hydrogen-bond donors (Lipinski definition) is 4. The third-order valence-corrected chi connectivity index (χ3v) is 13.5. The molecule has 0 bridgehead atoms. The van der Waals surface area contributed by atoms with E-state index in [1.54, 1.807) is 92.5 Å². The number of rotatable bonds is 20. The second-order valence-electron chi connectivity index (χ2n) is 21.5. The number of aryl methyl sites for hydroxylation is 7. The third-order valence-electron chi connectivity index (χ3n) is 13.5. The number of nitrogens with zero attached hydrogens (tertiary/aromatic N) is 1. The van der Waals surface area contributed by atoms with Crippen molar-refractivity contribution in [3.05, 3.63) is 377 Å². The van der Waals surface area contributed by atoms with Crippen LogP contribution in [0.25, 0.3) is 0 Å². The zero-order valence-corrected chi connectivity index (χ0v) is 53.6. The highest BCUT2D eigenvalue weighted by molar-refractivity contribution is 6.06. The fourth-order valence-electron chi connectivity index (χ4n) is 8.59. The molecule has 470 valence electrons. The van der Waals surface area contributed by atoms with Crippen molar-refractivity contribution in [3.63, 3.8) is 0 Å². The number of furan rings is 1. The Morgan fingerprint density at radius 1 is 0.344 bits per heavy atom. The van der Waals surface area contributed by atoms with Gasteiger partial charge < -0.3 is 30.6 Å². The lowest BCUT2D eigenvalue weighted by Gasteiger charge is -2.14. The van der Waals surface area contributed by atoms with Gasteiger partial charge in [0.1, 0.15) is 5.82 Å². The SMILES string of the molecule is Cc1cc(N/C=C\C(=O)c2ccccc2)ccc1F.Cc1cccc(N(C)/C=C/C(=O)c2ccccc2)c1.Cc1cccc(N/C=C\C(=O)c2cccc(C)c2)c1.Cc1cccc(N/C=C\C(=O)c2cccc(C)c2)c1.Cc1cccc(N/C=C\C(=O)c2ccco2)c1. The van der Waals surface area contributed by atoms with Crippen molar-refractivity contribution in [1.29, 1.82) is 0 Å². The van der Waals surface area contributed by atoms with E-state index in [0.29, 0.717) is 33.6 Å². The van der Waals surface area contributed by atoms with Gasteiger partial charge in [0.25, 0.3) is 0 Å². The predicted octanol–water partition coefficient (Wildman–Crippen LogP) is 19.4. The van der Waals surface area contributed by atoms with E-state index in [4.69, 9.17) is 4.42 Å². The Kier molecular flexibility index (Phi) is 28.7. The Labute approximate surface area is 546 Å². The van der Waals surface area contributed by atoms with Crippen LogP contribution < -0.4 is 26.2 Å². The molecule has 1 aromatic heterocycles. The zero-order chi connectivity index (χ0) is 66.7. The summed E-state index contributed by atoms with van der Waals surface area (Å²) in [4.78, 5) is 61.0. The van der Waals surface area contributed by atoms with Crippen LogP contribution in [0.1, 0.15) is 90.9 Å². The van der Waals surface area contributed by atoms with Crippen LogP contribution in [-0.2, 0) is 0 Å². The number of benzene rings is 9. The van der Waals surface area contributed by atoms with Gasteiger partial charge in [-0.25, -0.2) is 4.39 Å². The van der Waals surface area contributed by atoms with Crippen molar-refractivity contribution in [2.24, 2.45) is 0 Å². The molecule has 0 radical (unpaired) electrons. The molecular formula is C81H78FN5O6. The predicted molar refractivity (Wildman–Crippen MR) is 380 cm³/mol. The van der Waals surface area contributed by atoms with Crippen LogP contribution in [0.3, 0.4) is 0 Å². The van der Waals surface area contributed by atoms with E-state index in [1.807, 2.05) is 229 Å². The van der Waals surface area contributed by atoms with Crippen molar-refractivity contribution < 1.29 is 32.8 Å². The number of hydrogen-bond acceptors (Lipinski definition) is 11. The van der Waals surface area contributed by atoms with E-state index < -0.39 is 0 Å². The maximum atomic E-state index is 13.1. The zero-order valence-electron chi connectivity index (χ0n) is 53.6. The molecule has 12 heteroatoms. The number of carbonyl (C=O) groups is 5. The van der Waals surface area contributed by atoms with Gasteiger partial charge in [0.15, 0.2) is 28.9 Å². The topological polar surface area (TPSA) is 150 Å². The smallest absolute Gasteiger partial charge is 0.222 e. The Morgan fingerprint density at radius 2 is 0.699 bits per heavy atom. The third kappa shape index (κ3) is 26.1. The van der Waals surface area contributed by atoms with Crippen molar-refractivity contribution >= 4 is 57.4 Å². The van der Waals surface area contributed by atoms with Crippen molar-refractivity contribution in [3.8, 4) is 0 Å².